The molecule has 0 N–H and O–H groups in total. The lowest BCUT2D eigenvalue weighted by molar-refractivity contribution is -0.185. The summed E-state index contributed by atoms with van der Waals surface area (Å²) < 4.78 is 11.5. The summed E-state index contributed by atoms with van der Waals surface area (Å²) in [5.74, 6) is 0.347. The van der Waals surface area contributed by atoms with Crippen molar-refractivity contribution in [1.82, 2.24) is 4.90 Å². The van der Waals surface area contributed by atoms with Crippen molar-refractivity contribution in [2.24, 2.45) is 5.92 Å². The van der Waals surface area contributed by atoms with Gasteiger partial charge in [0.15, 0.2) is 5.79 Å². The Kier molecular flexibility index (Phi) is 3.81. The number of ether oxygens (including phenoxy) is 2. The quantitative estimate of drug-likeness (QED) is 0.770. The Bertz CT molecular complexity index is 322. The van der Waals surface area contributed by atoms with Gasteiger partial charge in [-0.05, 0) is 25.7 Å². The third kappa shape index (κ3) is 2.65. The summed E-state index contributed by atoms with van der Waals surface area (Å²) in [4.78, 5) is 14.4. The highest BCUT2D eigenvalue weighted by molar-refractivity contribution is 5.79. The molecule has 0 bridgehead atoms. The van der Waals surface area contributed by atoms with E-state index in [9.17, 15) is 4.79 Å². The van der Waals surface area contributed by atoms with E-state index in [-0.39, 0.29) is 5.79 Å². The van der Waals surface area contributed by atoms with E-state index >= 15 is 0 Å². The standard InChI is InChI=1S/C15H25NO3/c1-16(14(17)12-4-2-3-5-12)13-6-8-15(9-7-13)18-10-11-19-15/h12-13H,2-11H2,1H3. The van der Waals surface area contributed by atoms with E-state index in [2.05, 4.69) is 0 Å². The minimum Gasteiger partial charge on any atom is -0.348 e. The van der Waals surface area contributed by atoms with Gasteiger partial charge in [-0.1, -0.05) is 12.8 Å². The number of carbonyl (C=O) groups excluding carboxylic acids is 1. The molecule has 3 aliphatic rings. The summed E-state index contributed by atoms with van der Waals surface area (Å²) >= 11 is 0. The van der Waals surface area contributed by atoms with Gasteiger partial charge in [0.2, 0.25) is 5.91 Å². The zero-order valence-corrected chi connectivity index (χ0v) is 11.9. The Morgan fingerprint density at radius 2 is 1.63 bits per heavy atom. The molecule has 19 heavy (non-hydrogen) atoms. The third-order valence-electron chi connectivity index (χ3n) is 5.13. The lowest BCUT2D eigenvalue weighted by Crippen LogP contribution is -2.46. The van der Waals surface area contributed by atoms with E-state index in [1.807, 2.05) is 11.9 Å². The monoisotopic (exact) mass is 267 g/mol. The van der Waals surface area contributed by atoms with Crippen LogP contribution in [0.4, 0.5) is 0 Å². The van der Waals surface area contributed by atoms with E-state index in [4.69, 9.17) is 9.47 Å². The van der Waals surface area contributed by atoms with Crippen LogP contribution in [-0.4, -0.2) is 42.9 Å². The average molecular weight is 267 g/mol. The number of hydrogen-bond acceptors (Lipinski definition) is 3. The fourth-order valence-electron chi connectivity index (χ4n) is 3.86. The molecule has 3 fully saturated rings. The van der Waals surface area contributed by atoms with Crippen LogP contribution in [0.5, 0.6) is 0 Å². The van der Waals surface area contributed by atoms with Crippen LogP contribution >= 0.6 is 0 Å². The van der Waals surface area contributed by atoms with Crippen molar-refractivity contribution in [3.05, 3.63) is 0 Å². The van der Waals surface area contributed by atoms with Gasteiger partial charge in [0.05, 0.1) is 13.2 Å². The van der Waals surface area contributed by atoms with Crippen LogP contribution in [0.15, 0.2) is 0 Å². The van der Waals surface area contributed by atoms with Gasteiger partial charge in [0.25, 0.3) is 0 Å². The minimum absolute atomic E-state index is 0.292. The number of rotatable bonds is 2. The molecule has 1 saturated heterocycles. The Morgan fingerprint density at radius 3 is 2.21 bits per heavy atom. The molecule has 0 atom stereocenters. The highest BCUT2D eigenvalue weighted by Gasteiger charge is 2.42. The molecule has 0 aromatic carbocycles. The molecule has 4 heteroatoms. The van der Waals surface area contributed by atoms with Crippen molar-refractivity contribution < 1.29 is 14.3 Å². The number of amides is 1. The smallest absolute Gasteiger partial charge is 0.225 e. The van der Waals surface area contributed by atoms with Crippen LogP contribution in [0.25, 0.3) is 0 Å². The molecule has 0 aromatic rings. The van der Waals surface area contributed by atoms with Gasteiger partial charge in [-0.15, -0.1) is 0 Å². The fourth-order valence-corrected chi connectivity index (χ4v) is 3.86. The summed E-state index contributed by atoms with van der Waals surface area (Å²) in [7, 11) is 1.99. The zero-order chi connectivity index (χ0) is 13.3. The molecule has 0 radical (unpaired) electrons. The first-order valence-electron chi connectivity index (χ1n) is 7.75. The predicted octanol–water partition coefficient (Wildman–Crippen LogP) is 2.32. The van der Waals surface area contributed by atoms with Crippen LogP contribution in [-0.2, 0) is 14.3 Å². The van der Waals surface area contributed by atoms with E-state index in [0.717, 1.165) is 51.7 Å². The van der Waals surface area contributed by atoms with Gasteiger partial charge >= 0.3 is 0 Å². The summed E-state index contributed by atoms with van der Waals surface area (Å²) in [6.07, 6.45) is 8.50. The normalized spacial score (nSPS) is 28.1. The van der Waals surface area contributed by atoms with Crippen molar-refractivity contribution in [1.29, 1.82) is 0 Å². The first kappa shape index (κ1) is 13.4. The Labute approximate surface area is 115 Å². The largest absolute Gasteiger partial charge is 0.348 e. The van der Waals surface area contributed by atoms with Gasteiger partial charge in [-0.3, -0.25) is 4.79 Å². The van der Waals surface area contributed by atoms with Gasteiger partial charge in [0.1, 0.15) is 0 Å². The first-order chi connectivity index (χ1) is 9.20. The number of hydrogen-bond donors (Lipinski definition) is 0. The summed E-state index contributed by atoms with van der Waals surface area (Å²) in [6.45, 7) is 1.45. The Balaban J connectivity index is 1.54. The molecule has 2 saturated carbocycles. The zero-order valence-electron chi connectivity index (χ0n) is 11.9. The molecule has 1 aliphatic heterocycles. The third-order valence-corrected chi connectivity index (χ3v) is 5.13. The van der Waals surface area contributed by atoms with Crippen LogP contribution < -0.4 is 0 Å². The maximum Gasteiger partial charge on any atom is 0.225 e. The van der Waals surface area contributed by atoms with E-state index in [1.54, 1.807) is 0 Å². The second kappa shape index (κ2) is 5.41. The maximum atomic E-state index is 12.4. The second-order valence-corrected chi connectivity index (χ2v) is 6.27. The molecule has 108 valence electrons. The molecule has 4 nitrogen and oxygen atoms in total. The Hall–Kier alpha value is -0.610. The average Bonchev–Trinajstić information content (AvgIpc) is 3.10. The molecule has 3 rings (SSSR count). The fraction of sp³-hybridized carbons (Fsp3) is 0.933. The van der Waals surface area contributed by atoms with Gasteiger partial charge < -0.3 is 14.4 Å². The van der Waals surface area contributed by atoms with Crippen LogP contribution in [0, 0.1) is 5.92 Å². The van der Waals surface area contributed by atoms with Crippen LogP contribution in [0.1, 0.15) is 51.4 Å². The molecule has 0 unspecified atom stereocenters. The minimum atomic E-state index is -0.312. The van der Waals surface area contributed by atoms with Crippen LogP contribution in [0.2, 0.25) is 0 Å². The topological polar surface area (TPSA) is 38.8 Å². The molecule has 1 heterocycles. The van der Waals surface area contributed by atoms with E-state index in [0.29, 0.717) is 17.9 Å². The van der Waals surface area contributed by atoms with E-state index in [1.165, 1.54) is 12.8 Å². The van der Waals surface area contributed by atoms with Gasteiger partial charge in [0, 0.05) is 31.8 Å². The van der Waals surface area contributed by atoms with Crippen molar-refractivity contribution >= 4 is 5.91 Å². The highest BCUT2D eigenvalue weighted by atomic mass is 16.7. The summed E-state index contributed by atoms with van der Waals surface area (Å²) in [5, 5.41) is 0. The Morgan fingerprint density at radius 1 is 1.05 bits per heavy atom. The van der Waals surface area contributed by atoms with Crippen molar-refractivity contribution in [2.45, 2.75) is 63.2 Å². The molecule has 2 aliphatic carbocycles. The molecule has 1 amide bonds. The van der Waals surface area contributed by atoms with Crippen LogP contribution in [0.3, 0.4) is 0 Å². The van der Waals surface area contributed by atoms with Crippen molar-refractivity contribution in [2.75, 3.05) is 20.3 Å². The lowest BCUT2D eigenvalue weighted by atomic mass is 9.88. The van der Waals surface area contributed by atoms with Gasteiger partial charge in [-0.25, -0.2) is 0 Å². The van der Waals surface area contributed by atoms with E-state index < -0.39 is 0 Å². The summed E-state index contributed by atoms with van der Waals surface area (Å²) in [5.41, 5.74) is 0. The maximum absolute atomic E-state index is 12.4. The predicted molar refractivity (Wildman–Crippen MR) is 71.6 cm³/mol. The SMILES string of the molecule is CN(C(=O)C1CCCC1)C1CCC2(CC1)OCCO2. The summed E-state index contributed by atoms with van der Waals surface area (Å²) in [6, 6.07) is 0.381. The molecule has 1 spiro atoms. The second-order valence-electron chi connectivity index (χ2n) is 6.27. The first-order valence-corrected chi connectivity index (χ1v) is 7.75. The van der Waals surface area contributed by atoms with Gasteiger partial charge in [-0.2, -0.15) is 0 Å². The highest BCUT2D eigenvalue weighted by Crippen LogP contribution is 2.38. The van der Waals surface area contributed by atoms with Crippen molar-refractivity contribution in [3.63, 3.8) is 0 Å². The molecular formula is C15H25NO3. The molecular weight excluding hydrogens is 242 g/mol. The number of carbonyl (C=O) groups is 1. The number of nitrogens with zero attached hydrogens (tertiary/aromatic N) is 1. The molecule has 0 aromatic heterocycles. The van der Waals surface area contributed by atoms with Crippen molar-refractivity contribution in [3.8, 4) is 0 Å². The lowest BCUT2D eigenvalue weighted by Gasteiger charge is -2.39.